The van der Waals surface area contributed by atoms with Crippen LogP contribution in [0.2, 0.25) is 0 Å². The predicted molar refractivity (Wildman–Crippen MR) is 61.6 cm³/mol. The summed E-state index contributed by atoms with van der Waals surface area (Å²) in [6.07, 6.45) is 2.83. The molecule has 3 N–H and O–H groups in total. The lowest BCUT2D eigenvalue weighted by Crippen LogP contribution is -2.48. The Balaban J connectivity index is 2.47. The molecule has 0 atom stereocenters. The average molecular weight is 227 g/mol. The molecule has 0 radical (unpaired) electrons. The summed E-state index contributed by atoms with van der Waals surface area (Å²) < 4.78 is 0. The summed E-state index contributed by atoms with van der Waals surface area (Å²) in [5, 5.41) is 3.68. The van der Waals surface area contributed by atoms with Gasteiger partial charge in [0.25, 0.3) is 0 Å². The number of carbonyl (C=O) groups excluding carboxylic acids is 1. The van der Waals surface area contributed by atoms with Crippen LogP contribution in [-0.4, -0.2) is 16.4 Å². The van der Waals surface area contributed by atoms with Crippen molar-refractivity contribution in [3.05, 3.63) is 16.1 Å². The lowest BCUT2D eigenvalue weighted by Gasteiger charge is -2.16. The third kappa shape index (κ3) is 3.60. The van der Waals surface area contributed by atoms with Crippen LogP contribution in [0.5, 0.6) is 0 Å². The van der Waals surface area contributed by atoms with Gasteiger partial charge in [0, 0.05) is 11.1 Å². The van der Waals surface area contributed by atoms with Crippen molar-refractivity contribution in [2.75, 3.05) is 0 Å². The minimum absolute atomic E-state index is 0.157. The van der Waals surface area contributed by atoms with Crippen LogP contribution in [0.15, 0.2) is 6.20 Å². The normalized spacial score (nSPS) is 11.5. The van der Waals surface area contributed by atoms with Gasteiger partial charge in [-0.2, -0.15) is 0 Å². The molecule has 5 heteroatoms. The van der Waals surface area contributed by atoms with Crippen LogP contribution >= 0.6 is 11.3 Å². The summed E-state index contributed by atoms with van der Waals surface area (Å²) in [5.74, 6) is -0.157. The van der Waals surface area contributed by atoms with Gasteiger partial charge >= 0.3 is 0 Å². The number of nitrogens with one attached hydrogen (secondary N) is 1. The first-order valence-electron chi connectivity index (χ1n) is 4.94. The lowest BCUT2D eigenvalue weighted by atomic mass is 10.1. The van der Waals surface area contributed by atoms with Crippen molar-refractivity contribution in [1.82, 2.24) is 10.3 Å². The SMILES string of the molecule is CCc1cnc(CNC(=O)C(C)(C)N)s1. The van der Waals surface area contributed by atoms with Gasteiger partial charge in [-0.25, -0.2) is 4.98 Å². The van der Waals surface area contributed by atoms with Crippen LogP contribution in [0.4, 0.5) is 0 Å². The number of nitrogens with two attached hydrogens (primary N) is 1. The quantitative estimate of drug-likeness (QED) is 0.808. The fourth-order valence-corrected chi connectivity index (χ4v) is 1.78. The zero-order valence-electron chi connectivity index (χ0n) is 9.33. The highest BCUT2D eigenvalue weighted by atomic mass is 32.1. The van der Waals surface area contributed by atoms with Crippen molar-refractivity contribution in [2.45, 2.75) is 39.3 Å². The van der Waals surface area contributed by atoms with E-state index >= 15 is 0 Å². The van der Waals surface area contributed by atoms with Crippen LogP contribution in [0.25, 0.3) is 0 Å². The van der Waals surface area contributed by atoms with Gasteiger partial charge in [-0.05, 0) is 20.3 Å². The van der Waals surface area contributed by atoms with Crippen molar-refractivity contribution in [3.63, 3.8) is 0 Å². The predicted octanol–water partition coefficient (Wildman–Crippen LogP) is 1.06. The molecule has 0 spiro atoms. The Morgan fingerprint density at radius 2 is 2.33 bits per heavy atom. The monoisotopic (exact) mass is 227 g/mol. The lowest BCUT2D eigenvalue weighted by molar-refractivity contribution is -0.125. The molecule has 84 valence electrons. The summed E-state index contributed by atoms with van der Waals surface area (Å²) in [4.78, 5) is 16.9. The van der Waals surface area contributed by atoms with E-state index < -0.39 is 5.54 Å². The molecule has 1 heterocycles. The smallest absolute Gasteiger partial charge is 0.239 e. The van der Waals surface area contributed by atoms with E-state index in [0.717, 1.165) is 11.4 Å². The van der Waals surface area contributed by atoms with Crippen LogP contribution in [0.3, 0.4) is 0 Å². The van der Waals surface area contributed by atoms with E-state index in [1.54, 1.807) is 25.2 Å². The Morgan fingerprint density at radius 3 is 2.80 bits per heavy atom. The third-order valence-corrected chi connectivity index (χ3v) is 3.08. The largest absolute Gasteiger partial charge is 0.348 e. The van der Waals surface area contributed by atoms with Gasteiger partial charge in [-0.15, -0.1) is 11.3 Å². The number of aromatic nitrogens is 1. The Bertz CT molecular complexity index is 341. The maximum Gasteiger partial charge on any atom is 0.239 e. The molecule has 0 fully saturated rings. The number of thiazole rings is 1. The molecule has 0 aromatic carbocycles. The summed E-state index contributed by atoms with van der Waals surface area (Å²) in [6, 6.07) is 0. The number of hydrogen-bond donors (Lipinski definition) is 2. The van der Waals surface area contributed by atoms with Gasteiger partial charge in [-0.3, -0.25) is 4.79 Å². The summed E-state index contributed by atoms with van der Waals surface area (Å²) in [6.45, 7) is 5.91. The van der Waals surface area contributed by atoms with E-state index in [0.29, 0.717) is 6.54 Å². The highest BCUT2D eigenvalue weighted by Crippen LogP contribution is 2.13. The third-order valence-electron chi connectivity index (χ3n) is 1.94. The van der Waals surface area contributed by atoms with Crippen LogP contribution in [0.1, 0.15) is 30.7 Å². The fraction of sp³-hybridized carbons (Fsp3) is 0.600. The van der Waals surface area contributed by atoms with Crippen LogP contribution in [-0.2, 0) is 17.8 Å². The first kappa shape index (κ1) is 12.1. The van der Waals surface area contributed by atoms with E-state index in [-0.39, 0.29) is 5.91 Å². The van der Waals surface area contributed by atoms with E-state index in [1.807, 2.05) is 6.20 Å². The average Bonchev–Trinajstić information content (AvgIpc) is 2.60. The minimum atomic E-state index is -0.829. The topological polar surface area (TPSA) is 68.0 Å². The Hall–Kier alpha value is -0.940. The number of hydrogen-bond acceptors (Lipinski definition) is 4. The van der Waals surface area contributed by atoms with Crippen LogP contribution in [0, 0.1) is 0 Å². The summed E-state index contributed by atoms with van der Waals surface area (Å²) >= 11 is 1.62. The van der Waals surface area contributed by atoms with Gasteiger partial charge < -0.3 is 11.1 Å². The summed E-state index contributed by atoms with van der Waals surface area (Å²) in [5.41, 5.74) is 4.82. The Labute approximate surface area is 93.9 Å². The zero-order valence-corrected chi connectivity index (χ0v) is 10.1. The second-order valence-electron chi connectivity index (χ2n) is 3.98. The molecular weight excluding hydrogens is 210 g/mol. The molecule has 0 saturated carbocycles. The highest BCUT2D eigenvalue weighted by Gasteiger charge is 2.21. The van der Waals surface area contributed by atoms with Gasteiger partial charge in [-0.1, -0.05) is 6.92 Å². The maximum absolute atomic E-state index is 11.5. The number of amides is 1. The summed E-state index contributed by atoms with van der Waals surface area (Å²) in [7, 11) is 0. The van der Waals surface area contributed by atoms with Gasteiger partial charge in [0.1, 0.15) is 5.01 Å². The first-order chi connectivity index (χ1) is 6.93. The van der Waals surface area contributed by atoms with Crippen molar-refractivity contribution >= 4 is 17.2 Å². The number of nitrogens with zero attached hydrogens (tertiary/aromatic N) is 1. The molecule has 0 bridgehead atoms. The van der Waals surface area contributed by atoms with Crippen molar-refractivity contribution in [3.8, 4) is 0 Å². The molecule has 4 nitrogen and oxygen atoms in total. The Morgan fingerprint density at radius 1 is 1.67 bits per heavy atom. The Kier molecular flexibility index (Phi) is 3.82. The maximum atomic E-state index is 11.5. The molecule has 1 rings (SSSR count). The molecule has 1 aromatic rings. The van der Waals surface area contributed by atoms with Crippen molar-refractivity contribution in [2.24, 2.45) is 5.73 Å². The standard InChI is InChI=1S/C10H17N3OS/c1-4-7-5-12-8(15-7)6-13-9(14)10(2,3)11/h5H,4,6,11H2,1-3H3,(H,13,14). The number of carbonyl (C=O) groups is 1. The molecule has 0 unspecified atom stereocenters. The fourth-order valence-electron chi connectivity index (χ4n) is 0.977. The van der Waals surface area contributed by atoms with E-state index in [2.05, 4.69) is 17.2 Å². The first-order valence-corrected chi connectivity index (χ1v) is 5.76. The van der Waals surface area contributed by atoms with Gasteiger partial charge in [0.2, 0.25) is 5.91 Å². The second-order valence-corrected chi connectivity index (χ2v) is 5.18. The molecule has 1 amide bonds. The van der Waals surface area contributed by atoms with Crippen molar-refractivity contribution in [1.29, 1.82) is 0 Å². The van der Waals surface area contributed by atoms with E-state index in [9.17, 15) is 4.79 Å². The minimum Gasteiger partial charge on any atom is -0.348 e. The molecule has 0 aliphatic carbocycles. The molecule has 0 aliphatic heterocycles. The molecule has 15 heavy (non-hydrogen) atoms. The van der Waals surface area contributed by atoms with Gasteiger partial charge in [0.15, 0.2) is 0 Å². The van der Waals surface area contributed by atoms with E-state index in [1.165, 1.54) is 4.88 Å². The molecule has 1 aromatic heterocycles. The molecule has 0 saturated heterocycles. The van der Waals surface area contributed by atoms with E-state index in [4.69, 9.17) is 5.73 Å². The molecular formula is C10H17N3OS. The van der Waals surface area contributed by atoms with Crippen molar-refractivity contribution < 1.29 is 4.79 Å². The van der Waals surface area contributed by atoms with Crippen LogP contribution < -0.4 is 11.1 Å². The zero-order chi connectivity index (χ0) is 11.5. The second kappa shape index (κ2) is 4.72. The molecule has 0 aliphatic rings. The van der Waals surface area contributed by atoms with Gasteiger partial charge in [0.05, 0.1) is 12.1 Å². The number of aryl methyl sites for hydroxylation is 1. The number of rotatable bonds is 4. The highest BCUT2D eigenvalue weighted by molar-refractivity contribution is 7.11.